The SMILES string of the molecule is CCCCCCCCCCCCCC(=O)Nc1ccc(-c2cc(-c3ccc(NC(=O)CCCCCCCCCCCCC)cc3)cc(-c3ccc(NC(=O)CCCCCCCCCCCCC)cc3)c2)cc1. The predicted molar refractivity (Wildman–Crippen MR) is 312 cm³/mol. The van der Waals surface area contributed by atoms with E-state index >= 15 is 0 Å². The lowest BCUT2D eigenvalue weighted by atomic mass is 9.93. The molecule has 0 spiro atoms. The molecule has 0 heterocycles. The van der Waals surface area contributed by atoms with Crippen LogP contribution in [-0.2, 0) is 14.4 Å². The van der Waals surface area contributed by atoms with Gasteiger partial charge in [0.25, 0.3) is 0 Å². The first kappa shape index (κ1) is 59.8. The summed E-state index contributed by atoms with van der Waals surface area (Å²) in [7, 11) is 0. The predicted octanol–water partition coefficient (Wildman–Crippen LogP) is 20.6. The van der Waals surface area contributed by atoms with Crippen LogP contribution in [0.1, 0.15) is 252 Å². The molecule has 0 atom stereocenters. The highest BCUT2D eigenvalue weighted by atomic mass is 16.2. The number of hydrogen-bond donors (Lipinski definition) is 3. The number of hydrogen-bond acceptors (Lipinski definition) is 3. The van der Waals surface area contributed by atoms with Crippen LogP contribution in [0.2, 0.25) is 0 Å². The van der Waals surface area contributed by atoms with Gasteiger partial charge in [-0.15, -0.1) is 0 Å². The third-order valence-electron chi connectivity index (χ3n) is 14.5. The molecule has 0 aliphatic carbocycles. The monoisotopic (exact) mass is 982 g/mol. The van der Waals surface area contributed by atoms with Crippen LogP contribution in [0.3, 0.4) is 0 Å². The lowest BCUT2D eigenvalue weighted by Gasteiger charge is -2.13. The van der Waals surface area contributed by atoms with Gasteiger partial charge in [-0.25, -0.2) is 0 Å². The lowest BCUT2D eigenvalue weighted by molar-refractivity contribution is -0.117. The highest BCUT2D eigenvalue weighted by Crippen LogP contribution is 2.35. The van der Waals surface area contributed by atoms with Crippen molar-refractivity contribution in [3.8, 4) is 33.4 Å². The van der Waals surface area contributed by atoms with E-state index in [9.17, 15) is 14.4 Å². The summed E-state index contributed by atoms with van der Waals surface area (Å²) in [6, 6.07) is 31.2. The Morgan fingerprint density at radius 2 is 0.431 bits per heavy atom. The maximum atomic E-state index is 12.9. The summed E-state index contributed by atoms with van der Waals surface area (Å²) in [5.74, 6) is 0.223. The van der Waals surface area contributed by atoms with Crippen LogP contribution in [0.15, 0.2) is 91.0 Å². The molecule has 3 N–H and O–H groups in total. The molecule has 0 aliphatic rings. The average Bonchev–Trinajstić information content (AvgIpc) is 3.39. The van der Waals surface area contributed by atoms with Crippen LogP contribution < -0.4 is 16.0 Å². The molecule has 4 rings (SSSR count). The van der Waals surface area contributed by atoms with Gasteiger partial charge in [-0.2, -0.15) is 0 Å². The Bertz CT molecular complexity index is 1780. The highest BCUT2D eigenvalue weighted by molar-refractivity contribution is 5.93. The summed E-state index contributed by atoms with van der Waals surface area (Å²) in [4.78, 5) is 38.7. The first-order valence-corrected chi connectivity index (χ1v) is 29.7. The van der Waals surface area contributed by atoms with Crippen molar-refractivity contribution in [2.75, 3.05) is 16.0 Å². The minimum Gasteiger partial charge on any atom is -0.326 e. The second kappa shape index (κ2) is 38.8. The Labute approximate surface area is 439 Å². The van der Waals surface area contributed by atoms with Gasteiger partial charge in [0.1, 0.15) is 0 Å². The molecule has 0 fully saturated rings. The quantitative estimate of drug-likeness (QED) is 0.0387. The number of unbranched alkanes of at least 4 members (excludes halogenated alkanes) is 30. The number of carbonyl (C=O) groups excluding carboxylic acids is 3. The maximum Gasteiger partial charge on any atom is 0.224 e. The van der Waals surface area contributed by atoms with Crippen molar-refractivity contribution < 1.29 is 14.4 Å². The number of benzene rings is 4. The summed E-state index contributed by atoms with van der Waals surface area (Å²) in [6.45, 7) is 6.80. The van der Waals surface area contributed by atoms with Crippen molar-refractivity contribution in [3.05, 3.63) is 91.0 Å². The normalized spacial score (nSPS) is 11.2. The summed E-state index contributed by atoms with van der Waals surface area (Å²) < 4.78 is 0. The Balaban J connectivity index is 1.33. The molecule has 0 aliphatic heterocycles. The van der Waals surface area contributed by atoms with Crippen molar-refractivity contribution in [1.29, 1.82) is 0 Å². The van der Waals surface area contributed by atoms with Crippen molar-refractivity contribution in [1.82, 2.24) is 0 Å². The molecule has 4 aromatic carbocycles. The fourth-order valence-electron chi connectivity index (χ4n) is 9.89. The van der Waals surface area contributed by atoms with Gasteiger partial charge in [0, 0.05) is 36.3 Å². The second-order valence-electron chi connectivity index (χ2n) is 21.0. The van der Waals surface area contributed by atoms with E-state index in [0.717, 1.165) is 89.0 Å². The molecule has 6 heteroatoms. The van der Waals surface area contributed by atoms with Gasteiger partial charge in [-0.05, 0) is 107 Å². The standard InChI is InChI=1S/C66H99N3O3/c1-4-7-10-13-16-19-22-25-28-31-34-37-64(70)67-61-46-40-55(41-47-61)58-52-59(56-42-48-62(49-43-56)68-65(71)38-35-32-29-26-23-20-17-14-11-8-5-2)54-60(53-58)57-44-50-63(51-45-57)69-66(72)39-36-33-30-27-24-21-18-15-12-9-6-3/h40-54H,4-39H2,1-3H3,(H,67,70)(H,68,71)(H,69,72). The van der Waals surface area contributed by atoms with E-state index in [1.165, 1.54) is 173 Å². The van der Waals surface area contributed by atoms with Gasteiger partial charge in [0.2, 0.25) is 17.7 Å². The first-order valence-electron chi connectivity index (χ1n) is 29.7. The summed E-state index contributed by atoms with van der Waals surface area (Å²) >= 11 is 0. The third-order valence-corrected chi connectivity index (χ3v) is 14.5. The topological polar surface area (TPSA) is 87.3 Å². The summed E-state index contributed by atoms with van der Waals surface area (Å²) in [5, 5.41) is 9.39. The largest absolute Gasteiger partial charge is 0.326 e. The van der Waals surface area contributed by atoms with E-state index in [0.29, 0.717) is 19.3 Å². The highest BCUT2D eigenvalue weighted by Gasteiger charge is 2.11. The number of nitrogens with one attached hydrogen (secondary N) is 3. The minimum absolute atomic E-state index is 0.0744. The molecule has 396 valence electrons. The molecular formula is C66H99N3O3. The molecular weight excluding hydrogens is 883 g/mol. The Morgan fingerprint density at radius 1 is 0.250 bits per heavy atom. The van der Waals surface area contributed by atoms with E-state index in [2.05, 4.69) is 91.3 Å². The van der Waals surface area contributed by atoms with Crippen LogP contribution in [0.4, 0.5) is 17.1 Å². The summed E-state index contributed by atoms with van der Waals surface area (Å²) in [5.41, 5.74) is 8.79. The zero-order chi connectivity index (χ0) is 51.1. The van der Waals surface area contributed by atoms with Crippen LogP contribution in [0.25, 0.3) is 33.4 Å². The number of anilines is 3. The van der Waals surface area contributed by atoms with Crippen LogP contribution in [-0.4, -0.2) is 17.7 Å². The number of amides is 3. The number of rotatable bonds is 42. The van der Waals surface area contributed by atoms with Crippen molar-refractivity contribution >= 4 is 34.8 Å². The second-order valence-corrected chi connectivity index (χ2v) is 21.0. The molecule has 0 radical (unpaired) electrons. The summed E-state index contributed by atoms with van der Waals surface area (Å²) in [6.07, 6.45) is 43.4. The number of carbonyl (C=O) groups is 3. The molecule has 4 aromatic rings. The zero-order valence-electron chi connectivity index (χ0n) is 45.8. The smallest absolute Gasteiger partial charge is 0.224 e. The molecule has 3 amide bonds. The van der Waals surface area contributed by atoms with E-state index in [-0.39, 0.29) is 17.7 Å². The zero-order valence-corrected chi connectivity index (χ0v) is 45.8. The molecule has 72 heavy (non-hydrogen) atoms. The van der Waals surface area contributed by atoms with Gasteiger partial charge in [0.15, 0.2) is 0 Å². The fraction of sp³-hybridized carbons (Fsp3) is 0.591. The maximum absolute atomic E-state index is 12.9. The van der Waals surface area contributed by atoms with E-state index in [1.54, 1.807) is 0 Å². The van der Waals surface area contributed by atoms with Crippen molar-refractivity contribution in [3.63, 3.8) is 0 Å². The van der Waals surface area contributed by atoms with Gasteiger partial charge >= 0.3 is 0 Å². The van der Waals surface area contributed by atoms with Gasteiger partial charge in [0.05, 0.1) is 0 Å². The van der Waals surface area contributed by atoms with E-state index < -0.39 is 0 Å². The van der Waals surface area contributed by atoms with Gasteiger partial charge < -0.3 is 16.0 Å². The Morgan fingerprint density at radius 3 is 0.625 bits per heavy atom. The van der Waals surface area contributed by atoms with Crippen molar-refractivity contribution in [2.45, 2.75) is 252 Å². The van der Waals surface area contributed by atoms with Crippen molar-refractivity contribution in [2.24, 2.45) is 0 Å². The molecule has 6 nitrogen and oxygen atoms in total. The van der Waals surface area contributed by atoms with Crippen LogP contribution in [0, 0.1) is 0 Å². The molecule has 0 saturated carbocycles. The third kappa shape index (κ3) is 26.8. The fourth-order valence-corrected chi connectivity index (χ4v) is 9.89. The minimum atomic E-state index is 0.0744. The van der Waals surface area contributed by atoms with E-state index in [4.69, 9.17) is 0 Å². The van der Waals surface area contributed by atoms with Gasteiger partial charge in [-0.3, -0.25) is 14.4 Å². The lowest BCUT2D eigenvalue weighted by Crippen LogP contribution is -2.10. The molecule has 0 saturated heterocycles. The Hall–Kier alpha value is -4.71. The molecule has 0 bridgehead atoms. The van der Waals surface area contributed by atoms with Gasteiger partial charge in [-0.1, -0.05) is 250 Å². The molecule has 0 unspecified atom stereocenters. The molecule has 0 aromatic heterocycles. The van der Waals surface area contributed by atoms with E-state index in [1.807, 2.05) is 36.4 Å². The van der Waals surface area contributed by atoms with Crippen LogP contribution >= 0.6 is 0 Å². The first-order chi connectivity index (χ1) is 35.4. The Kier molecular flexibility index (Phi) is 32.3. The van der Waals surface area contributed by atoms with Crippen LogP contribution in [0.5, 0.6) is 0 Å². The average molecular weight is 983 g/mol.